The van der Waals surface area contributed by atoms with Gasteiger partial charge >= 0.3 is 0 Å². The Morgan fingerprint density at radius 3 is 2.84 bits per heavy atom. The number of thioether (sulfide) groups is 1. The highest BCUT2D eigenvalue weighted by atomic mass is 32.2. The third-order valence-corrected chi connectivity index (χ3v) is 5.03. The van der Waals surface area contributed by atoms with Crippen LogP contribution in [-0.4, -0.2) is 58.9 Å². The van der Waals surface area contributed by atoms with Gasteiger partial charge < -0.3 is 24.9 Å². The fourth-order valence-corrected chi connectivity index (χ4v) is 3.76. The van der Waals surface area contributed by atoms with Gasteiger partial charge in [0.05, 0.1) is 30.6 Å². The molecule has 3 heterocycles. The fourth-order valence-electron chi connectivity index (χ4n) is 2.18. The molecule has 102 valence electrons. The van der Waals surface area contributed by atoms with Crippen molar-refractivity contribution in [2.75, 3.05) is 6.61 Å². The minimum absolute atomic E-state index is 0.191. The number of nitrogens with zero attached hydrogens (tertiary/aromatic N) is 3. The maximum absolute atomic E-state index is 10.1. The molecule has 1 aliphatic rings. The third kappa shape index (κ3) is 1.98. The van der Waals surface area contributed by atoms with Gasteiger partial charge in [0, 0.05) is 0 Å². The van der Waals surface area contributed by atoms with Crippen molar-refractivity contribution < 1.29 is 15.3 Å². The van der Waals surface area contributed by atoms with Crippen LogP contribution in [0.25, 0.3) is 11.2 Å². The van der Waals surface area contributed by atoms with Gasteiger partial charge in [-0.3, -0.25) is 0 Å². The first kappa shape index (κ1) is 13.0. The Hall–Kier alpha value is -1.00. The number of aliphatic hydroxyl groups is 3. The summed E-state index contributed by atoms with van der Waals surface area (Å²) in [6, 6.07) is 0. The van der Waals surface area contributed by atoms with Crippen molar-refractivity contribution in [3.63, 3.8) is 0 Å². The number of nitrogens with one attached hydrogen (secondary N) is 1. The molecular weight excluding hydrogens is 288 g/mol. The maximum Gasteiger partial charge on any atom is 0.157 e. The molecule has 7 nitrogen and oxygen atoms in total. The zero-order chi connectivity index (χ0) is 13.6. The van der Waals surface area contributed by atoms with E-state index in [2.05, 4.69) is 15.0 Å². The molecule has 2 aromatic heterocycles. The first-order valence-corrected chi connectivity index (χ1v) is 7.01. The number of rotatable bonds is 2. The maximum atomic E-state index is 10.1. The van der Waals surface area contributed by atoms with Crippen LogP contribution in [0.2, 0.25) is 0 Å². The van der Waals surface area contributed by atoms with Gasteiger partial charge in [0.2, 0.25) is 0 Å². The van der Waals surface area contributed by atoms with Crippen molar-refractivity contribution >= 4 is 35.1 Å². The van der Waals surface area contributed by atoms with Gasteiger partial charge in [-0.2, -0.15) is 0 Å². The molecule has 19 heavy (non-hydrogen) atoms. The second kappa shape index (κ2) is 4.84. The lowest BCUT2D eigenvalue weighted by Crippen LogP contribution is -2.32. The Morgan fingerprint density at radius 2 is 2.16 bits per heavy atom. The van der Waals surface area contributed by atoms with E-state index in [-0.39, 0.29) is 6.61 Å². The summed E-state index contributed by atoms with van der Waals surface area (Å²) in [5.41, 5.74) is 1.19. The van der Waals surface area contributed by atoms with E-state index < -0.39 is 22.8 Å². The number of H-pyrrole nitrogens is 1. The second-order valence-corrected chi connectivity index (χ2v) is 6.03. The average molecular weight is 300 g/mol. The molecule has 0 aromatic carbocycles. The van der Waals surface area contributed by atoms with Gasteiger partial charge in [-0.15, -0.1) is 11.8 Å². The number of hydrogen-bond acceptors (Lipinski definition) is 7. The Balaban J connectivity index is 2.06. The van der Waals surface area contributed by atoms with Crippen LogP contribution in [0.1, 0.15) is 5.37 Å². The molecule has 0 spiro atoms. The molecule has 1 fully saturated rings. The van der Waals surface area contributed by atoms with E-state index in [4.69, 9.17) is 12.2 Å². The van der Waals surface area contributed by atoms with E-state index in [1.54, 1.807) is 10.9 Å². The fraction of sp³-hybridized carbons (Fsp3) is 0.500. The molecule has 2 aromatic rings. The molecule has 0 aliphatic carbocycles. The standard InChI is InChI=1S/C10H12N4O3S2/c15-1-4-6(16)7(17)10(19-4)14-3-13-5-8(14)11-2-12-9(5)18/h2-4,6-7,10,15-17H,1H2,(H,11,12,18). The van der Waals surface area contributed by atoms with Crippen LogP contribution in [0.3, 0.4) is 0 Å². The zero-order valence-electron chi connectivity index (χ0n) is 9.67. The van der Waals surface area contributed by atoms with Gasteiger partial charge in [0.25, 0.3) is 0 Å². The summed E-state index contributed by atoms with van der Waals surface area (Å²) in [4.78, 5) is 11.0. The predicted octanol–water partition coefficient (Wildman–Crippen LogP) is -0.183. The van der Waals surface area contributed by atoms with E-state index in [9.17, 15) is 15.3 Å². The van der Waals surface area contributed by atoms with E-state index in [1.165, 1.54) is 18.1 Å². The normalized spacial score (nSPS) is 31.1. The van der Waals surface area contributed by atoms with E-state index in [1.807, 2.05) is 0 Å². The Morgan fingerprint density at radius 1 is 1.37 bits per heavy atom. The van der Waals surface area contributed by atoms with Gasteiger partial charge in [0.1, 0.15) is 22.6 Å². The first-order chi connectivity index (χ1) is 9.13. The van der Waals surface area contributed by atoms with Gasteiger partial charge in [-0.25, -0.2) is 9.97 Å². The van der Waals surface area contributed by atoms with E-state index in [0.29, 0.717) is 15.8 Å². The van der Waals surface area contributed by atoms with Crippen LogP contribution in [0, 0.1) is 4.64 Å². The Bertz CT molecular complexity index is 658. The summed E-state index contributed by atoms with van der Waals surface area (Å²) in [5.74, 6) is 0. The number of aromatic amines is 1. The minimum Gasteiger partial charge on any atom is -0.395 e. The number of imidazole rings is 1. The molecule has 0 amide bonds. The minimum atomic E-state index is -0.977. The highest BCUT2D eigenvalue weighted by Crippen LogP contribution is 2.42. The molecule has 0 saturated carbocycles. The molecule has 4 unspecified atom stereocenters. The van der Waals surface area contributed by atoms with Crippen molar-refractivity contribution in [3.8, 4) is 0 Å². The highest BCUT2D eigenvalue weighted by molar-refractivity contribution is 8.00. The molecule has 9 heteroatoms. The summed E-state index contributed by atoms with van der Waals surface area (Å²) < 4.78 is 2.09. The second-order valence-electron chi connectivity index (χ2n) is 4.29. The van der Waals surface area contributed by atoms with Crippen molar-refractivity contribution in [2.24, 2.45) is 0 Å². The summed E-state index contributed by atoms with van der Waals surface area (Å²) in [5, 5.41) is 28.3. The lowest BCUT2D eigenvalue weighted by molar-refractivity contribution is 0.0113. The van der Waals surface area contributed by atoms with Crippen LogP contribution in [0.15, 0.2) is 12.7 Å². The predicted molar refractivity (Wildman–Crippen MR) is 72.2 cm³/mol. The van der Waals surface area contributed by atoms with Gasteiger partial charge in [-0.1, -0.05) is 12.2 Å². The number of aromatic nitrogens is 4. The quantitative estimate of drug-likeness (QED) is 0.570. The molecule has 0 bridgehead atoms. The molecular formula is C10H12N4O3S2. The molecule has 4 N–H and O–H groups in total. The number of hydrogen-bond donors (Lipinski definition) is 4. The van der Waals surface area contributed by atoms with Crippen molar-refractivity contribution in [1.29, 1.82) is 0 Å². The summed E-state index contributed by atoms with van der Waals surface area (Å²) in [6.07, 6.45) is 1.07. The summed E-state index contributed by atoms with van der Waals surface area (Å²) >= 11 is 6.38. The Labute approximate surface area is 117 Å². The summed E-state index contributed by atoms with van der Waals surface area (Å²) in [6.45, 7) is -0.191. The van der Waals surface area contributed by atoms with Crippen molar-refractivity contribution in [1.82, 2.24) is 19.5 Å². The monoisotopic (exact) mass is 300 g/mol. The first-order valence-electron chi connectivity index (χ1n) is 5.66. The smallest absolute Gasteiger partial charge is 0.157 e. The molecule has 3 rings (SSSR count). The molecule has 0 radical (unpaired) electrons. The SMILES string of the molecule is OCC1SC(n2cnc3c(=S)nc[nH]c32)C(O)C1O. The highest BCUT2D eigenvalue weighted by Gasteiger charge is 2.43. The van der Waals surface area contributed by atoms with Crippen molar-refractivity contribution in [3.05, 3.63) is 17.3 Å². The third-order valence-electron chi connectivity index (χ3n) is 3.17. The lowest BCUT2D eigenvalue weighted by Gasteiger charge is -2.17. The molecule has 1 saturated heterocycles. The zero-order valence-corrected chi connectivity index (χ0v) is 11.3. The molecule has 4 atom stereocenters. The van der Waals surface area contributed by atoms with Crippen molar-refractivity contribution in [2.45, 2.75) is 22.8 Å². The molecule has 1 aliphatic heterocycles. The summed E-state index contributed by atoms with van der Waals surface area (Å²) in [7, 11) is 0. The van der Waals surface area contributed by atoms with Crippen LogP contribution in [0.5, 0.6) is 0 Å². The lowest BCUT2D eigenvalue weighted by atomic mass is 10.1. The van der Waals surface area contributed by atoms with Gasteiger partial charge in [0.15, 0.2) is 4.64 Å². The van der Waals surface area contributed by atoms with Crippen LogP contribution in [-0.2, 0) is 0 Å². The Kier molecular flexibility index (Phi) is 3.31. The van der Waals surface area contributed by atoms with Crippen LogP contribution in [0.4, 0.5) is 0 Å². The topological polar surface area (TPSA) is 107 Å². The number of aliphatic hydroxyl groups excluding tert-OH is 3. The van der Waals surface area contributed by atoms with Crippen LogP contribution >= 0.6 is 24.0 Å². The van der Waals surface area contributed by atoms with E-state index in [0.717, 1.165) is 0 Å². The van der Waals surface area contributed by atoms with Crippen LogP contribution < -0.4 is 0 Å². The average Bonchev–Trinajstić information content (AvgIpc) is 2.94. The largest absolute Gasteiger partial charge is 0.395 e. The number of fused-ring (bicyclic) bond motifs is 1. The van der Waals surface area contributed by atoms with Gasteiger partial charge in [-0.05, 0) is 0 Å². The van der Waals surface area contributed by atoms with E-state index >= 15 is 0 Å².